The molecule has 2 heterocycles. The third kappa shape index (κ3) is 4.00. The van der Waals surface area contributed by atoms with E-state index in [4.69, 9.17) is 0 Å². The fourth-order valence-electron chi connectivity index (χ4n) is 3.18. The van der Waals surface area contributed by atoms with Gasteiger partial charge in [-0.2, -0.15) is 13.2 Å². The average Bonchev–Trinajstić information content (AvgIpc) is 2.84. The van der Waals surface area contributed by atoms with Crippen LogP contribution < -0.4 is 5.32 Å². The van der Waals surface area contributed by atoms with Crippen LogP contribution in [-0.4, -0.2) is 33.2 Å². The van der Waals surface area contributed by atoms with Crippen molar-refractivity contribution in [1.29, 1.82) is 0 Å². The van der Waals surface area contributed by atoms with Gasteiger partial charge in [0.2, 0.25) is 5.91 Å². The molecule has 6 nitrogen and oxygen atoms in total. The maximum Gasteiger partial charge on any atom is 0.416 e. The Morgan fingerprint density at radius 3 is 2.30 bits per heavy atom. The van der Waals surface area contributed by atoms with E-state index in [0.29, 0.717) is 22.6 Å². The fourth-order valence-corrected chi connectivity index (χ4v) is 3.18. The van der Waals surface area contributed by atoms with E-state index in [2.05, 4.69) is 15.3 Å². The molecule has 9 heteroatoms. The van der Waals surface area contributed by atoms with Crippen LogP contribution >= 0.6 is 0 Å². The van der Waals surface area contributed by atoms with E-state index in [1.54, 1.807) is 36.7 Å². The third-order valence-electron chi connectivity index (χ3n) is 4.64. The van der Waals surface area contributed by atoms with Crippen molar-refractivity contribution >= 4 is 17.5 Å². The SMILES string of the molecule is O=C1CN(Cc2ncccn2)C(=O)c2cc(-c3ccc(C(F)(F)F)cc3)ccc2N1. The molecule has 0 saturated carbocycles. The smallest absolute Gasteiger partial charge is 0.324 e. The van der Waals surface area contributed by atoms with E-state index in [-0.39, 0.29) is 24.6 Å². The molecule has 2 amide bonds. The van der Waals surface area contributed by atoms with Crippen LogP contribution in [0, 0.1) is 0 Å². The van der Waals surface area contributed by atoms with E-state index < -0.39 is 17.6 Å². The second-order valence-electron chi connectivity index (χ2n) is 6.71. The number of benzene rings is 2. The van der Waals surface area contributed by atoms with Crippen molar-refractivity contribution in [2.24, 2.45) is 0 Å². The predicted molar refractivity (Wildman–Crippen MR) is 102 cm³/mol. The van der Waals surface area contributed by atoms with Crippen LogP contribution in [0.25, 0.3) is 11.1 Å². The number of nitrogens with one attached hydrogen (secondary N) is 1. The number of carbonyl (C=O) groups is 2. The Hall–Kier alpha value is -3.75. The summed E-state index contributed by atoms with van der Waals surface area (Å²) >= 11 is 0. The summed E-state index contributed by atoms with van der Waals surface area (Å²) in [6.07, 6.45) is -1.34. The first-order valence-electron chi connectivity index (χ1n) is 8.98. The van der Waals surface area contributed by atoms with Crippen LogP contribution in [0.15, 0.2) is 60.9 Å². The van der Waals surface area contributed by atoms with E-state index in [0.717, 1.165) is 12.1 Å². The highest BCUT2D eigenvalue weighted by Gasteiger charge is 2.30. The van der Waals surface area contributed by atoms with E-state index >= 15 is 0 Å². The zero-order valence-electron chi connectivity index (χ0n) is 15.5. The van der Waals surface area contributed by atoms with Crippen LogP contribution in [0.5, 0.6) is 0 Å². The summed E-state index contributed by atoms with van der Waals surface area (Å²) in [6.45, 7) is -0.113. The molecule has 1 aromatic heterocycles. The third-order valence-corrected chi connectivity index (χ3v) is 4.64. The molecule has 3 aromatic rings. The number of amides is 2. The number of hydrogen-bond acceptors (Lipinski definition) is 4. The van der Waals surface area contributed by atoms with Gasteiger partial charge in [0.25, 0.3) is 5.91 Å². The second kappa shape index (κ2) is 7.58. The summed E-state index contributed by atoms with van der Waals surface area (Å²) in [5.74, 6) is -0.370. The van der Waals surface area contributed by atoms with Gasteiger partial charge in [0.15, 0.2) is 0 Å². The summed E-state index contributed by atoms with van der Waals surface area (Å²) in [5.41, 5.74) is 0.916. The molecule has 1 aliphatic rings. The molecule has 0 saturated heterocycles. The van der Waals surface area contributed by atoms with Crippen molar-refractivity contribution in [3.8, 4) is 11.1 Å². The molecule has 0 unspecified atom stereocenters. The van der Waals surface area contributed by atoms with Gasteiger partial charge < -0.3 is 10.2 Å². The number of halogens is 3. The van der Waals surface area contributed by atoms with Gasteiger partial charge in [-0.25, -0.2) is 9.97 Å². The quantitative estimate of drug-likeness (QED) is 0.711. The summed E-state index contributed by atoms with van der Waals surface area (Å²) in [4.78, 5) is 34.8. The zero-order valence-corrected chi connectivity index (χ0v) is 15.5. The Balaban J connectivity index is 1.67. The summed E-state index contributed by atoms with van der Waals surface area (Å²) in [5, 5.41) is 2.69. The summed E-state index contributed by atoms with van der Waals surface area (Å²) < 4.78 is 38.4. The Morgan fingerprint density at radius 2 is 1.63 bits per heavy atom. The zero-order chi connectivity index (χ0) is 21.3. The summed E-state index contributed by atoms with van der Waals surface area (Å²) in [7, 11) is 0. The molecule has 0 spiro atoms. The number of fused-ring (bicyclic) bond motifs is 1. The van der Waals surface area contributed by atoms with Gasteiger partial charge in [-0.1, -0.05) is 18.2 Å². The number of alkyl halides is 3. The molecular weight excluding hydrogens is 397 g/mol. The molecule has 152 valence electrons. The molecule has 0 atom stereocenters. The maximum atomic E-state index is 13.1. The van der Waals surface area contributed by atoms with Gasteiger partial charge in [0.1, 0.15) is 12.4 Å². The predicted octanol–water partition coefficient (Wildman–Crippen LogP) is 3.76. The van der Waals surface area contributed by atoms with Gasteiger partial charge in [-0.05, 0) is 41.5 Å². The second-order valence-corrected chi connectivity index (χ2v) is 6.71. The molecule has 1 aliphatic heterocycles. The van der Waals surface area contributed by atoms with Gasteiger partial charge in [0.05, 0.1) is 23.4 Å². The Morgan fingerprint density at radius 1 is 0.967 bits per heavy atom. The van der Waals surface area contributed by atoms with Crippen molar-refractivity contribution in [3.63, 3.8) is 0 Å². The van der Waals surface area contributed by atoms with Crippen molar-refractivity contribution < 1.29 is 22.8 Å². The lowest BCUT2D eigenvalue weighted by atomic mass is 10.00. The first-order chi connectivity index (χ1) is 14.3. The molecule has 1 N–H and O–H groups in total. The normalized spacial score (nSPS) is 14.2. The van der Waals surface area contributed by atoms with Crippen molar-refractivity contribution in [1.82, 2.24) is 14.9 Å². The van der Waals surface area contributed by atoms with Gasteiger partial charge in [-0.3, -0.25) is 9.59 Å². The van der Waals surface area contributed by atoms with Crippen molar-refractivity contribution in [2.45, 2.75) is 12.7 Å². The minimum atomic E-state index is -4.42. The van der Waals surface area contributed by atoms with Crippen molar-refractivity contribution in [3.05, 3.63) is 77.9 Å². The van der Waals surface area contributed by atoms with E-state index in [9.17, 15) is 22.8 Å². The minimum absolute atomic E-state index is 0.0526. The van der Waals surface area contributed by atoms with E-state index in [1.807, 2.05) is 0 Å². The standard InChI is InChI=1S/C21H15F3N4O2/c22-21(23,24)15-5-2-13(3-6-15)14-4-7-17-16(10-14)20(30)28(12-19(29)27-17)11-18-25-8-1-9-26-18/h1-10H,11-12H2,(H,27,29). The number of anilines is 1. The van der Waals surface area contributed by atoms with E-state index in [1.165, 1.54) is 17.0 Å². The highest BCUT2D eigenvalue weighted by Crippen LogP contribution is 2.32. The Labute approximate surface area is 169 Å². The fraction of sp³-hybridized carbons (Fsp3) is 0.143. The largest absolute Gasteiger partial charge is 0.416 e. The van der Waals surface area contributed by atoms with Gasteiger partial charge in [-0.15, -0.1) is 0 Å². The minimum Gasteiger partial charge on any atom is -0.324 e. The lowest BCUT2D eigenvalue weighted by Gasteiger charge is -2.18. The number of hydrogen-bond donors (Lipinski definition) is 1. The maximum absolute atomic E-state index is 13.1. The van der Waals surface area contributed by atoms with Crippen LogP contribution in [-0.2, 0) is 17.5 Å². The molecule has 30 heavy (non-hydrogen) atoms. The average molecular weight is 412 g/mol. The molecule has 2 aromatic carbocycles. The molecule has 0 bridgehead atoms. The molecule has 0 fully saturated rings. The lowest BCUT2D eigenvalue weighted by Crippen LogP contribution is -2.35. The number of aromatic nitrogens is 2. The topological polar surface area (TPSA) is 75.2 Å². The lowest BCUT2D eigenvalue weighted by molar-refractivity contribution is -0.137. The monoisotopic (exact) mass is 412 g/mol. The summed E-state index contributed by atoms with van der Waals surface area (Å²) in [6, 6.07) is 11.1. The number of carbonyl (C=O) groups excluding carboxylic acids is 2. The highest BCUT2D eigenvalue weighted by molar-refractivity contribution is 6.09. The number of nitrogens with zero attached hydrogens (tertiary/aromatic N) is 3. The number of rotatable bonds is 3. The van der Waals surface area contributed by atoms with Crippen LogP contribution in [0.4, 0.5) is 18.9 Å². The molecule has 0 aliphatic carbocycles. The van der Waals surface area contributed by atoms with Crippen LogP contribution in [0.2, 0.25) is 0 Å². The van der Waals surface area contributed by atoms with Crippen molar-refractivity contribution in [2.75, 3.05) is 11.9 Å². The Bertz CT molecular complexity index is 1100. The van der Waals surface area contributed by atoms with Crippen LogP contribution in [0.3, 0.4) is 0 Å². The molecule has 0 radical (unpaired) electrons. The highest BCUT2D eigenvalue weighted by atomic mass is 19.4. The molecular formula is C21H15F3N4O2. The first-order valence-corrected chi connectivity index (χ1v) is 8.98. The first kappa shape index (κ1) is 19.6. The molecule has 4 rings (SSSR count). The van der Waals surface area contributed by atoms with Crippen LogP contribution in [0.1, 0.15) is 21.7 Å². The van der Waals surface area contributed by atoms with Gasteiger partial charge >= 0.3 is 6.18 Å². The van der Waals surface area contributed by atoms with Gasteiger partial charge in [0, 0.05) is 12.4 Å². The Kier molecular flexibility index (Phi) is 4.94.